The topological polar surface area (TPSA) is 0 Å². The van der Waals surface area contributed by atoms with Crippen LogP contribution in [0.15, 0.2) is 43.0 Å². The van der Waals surface area contributed by atoms with E-state index in [2.05, 4.69) is 44.0 Å². The minimum absolute atomic E-state index is 0.778. The van der Waals surface area contributed by atoms with E-state index in [0.29, 0.717) is 0 Å². The molecule has 1 aromatic carbocycles. The zero-order valence-electron chi connectivity index (χ0n) is 6.98. The summed E-state index contributed by atoms with van der Waals surface area (Å²) in [5.41, 5.74) is 1.27. The lowest BCUT2D eigenvalue weighted by Crippen LogP contribution is -1.71. The van der Waals surface area contributed by atoms with Crippen LogP contribution in [0.25, 0.3) is 0 Å². The zero-order valence-corrected chi connectivity index (χ0v) is 8.77. The number of rotatable bonds is 2. The second kappa shape index (κ2) is 8.75. The van der Waals surface area contributed by atoms with Crippen molar-refractivity contribution in [1.82, 2.24) is 0 Å². The Morgan fingerprint density at radius 3 is 1.92 bits per heavy atom. The van der Waals surface area contributed by atoms with Crippen molar-refractivity contribution in [3.8, 4) is 0 Å². The van der Waals surface area contributed by atoms with Crippen LogP contribution in [-0.2, 0) is 5.75 Å². The van der Waals surface area contributed by atoms with E-state index in [-0.39, 0.29) is 0 Å². The minimum atomic E-state index is 0.778. The van der Waals surface area contributed by atoms with E-state index in [9.17, 15) is 0 Å². The van der Waals surface area contributed by atoms with Gasteiger partial charge in [-0.25, -0.2) is 0 Å². The Labute approximate surface area is 85.5 Å². The van der Waals surface area contributed by atoms with Gasteiger partial charge in [0, 0.05) is 11.5 Å². The van der Waals surface area contributed by atoms with Crippen molar-refractivity contribution < 1.29 is 0 Å². The molecule has 0 saturated carbocycles. The van der Waals surface area contributed by atoms with Gasteiger partial charge < -0.3 is 0 Å². The van der Waals surface area contributed by atoms with Gasteiger partial charge in [-0.2, -0.15) is 25.3 Å². The second-order valence-electron chi connectivity index (χ2n) is 2.11. The van der Waals surface area contributed by atoms with Crippen molar-refractivity contribution in [2.45, 2.75) is 5.75 Å². The van der Waals surface area contributed by atoms with Crippen LogP contribution >= 0.6 is 25.3 Å². The third-order valence-electron chi connectivity index (χ3n) is 1.15. The van der Waals surface area contributed by atoms with E-state index in [1.807, 2.05) is 18.2 Å². The third-order valence-corrected chi connectivity index (χ3v) is 1.78. The van der Waals surface area contributed by atoms with Crippen molar-refractivity contribution in [3.63, 3.8) is 0 Å². The Bertz CT molecular complexity index is 194. The molecule has 0 unspecified atom stereocenters. The van der Waals surface area contributed by atoms with Gasteiger partial charge in [0.05, 0.1) is 0 Å². The van der Waals surface area contributed by atoms with Gasteiger partial charge in [0.25, 0.3) is 0 Å². The number of hydrogen-bond donors (Lipinski definition) is 2. The molecule has 0 N–H and O–H groups in total. The van der Waals surface area contributed by atoms with Crippen LogP contribution in [0.2, 0.25) is 0 Å². The summed E-state index contributed by atoms with van der Waals surface area (Å²) in [6, 6.07) is 10.2. The summed E-state index contributed by atoms with van der Waals surface area (Å²) in [6.45, 7) is 3.40. The van der Waals surface area contributed by atoms with Gasteiger partial charge >= 0.3 is 0 Å². The maximum Gasteiger partial charge on any atom is 0.0154 e. The van der Waals surface area contributed by atoms with Gasteiger partial charge in [-0.05, 0) is 5.56 Å². The maximum absolute atomic E-state index is 4.11. The van der Waals surface area contributed by atoms with Crippen molar-refractivity contribution >= 4 is 25.3 Å². The van der Waals surface area contributed by atoms with Gasteiger partial charge in [-0.15, -0.1) is 6.58 Å². The number of benzene rings is 1. The molecule has 0 spiro atoms. The Kier molecular flexibility index (Phi) is 8.51. The first-order chi connectivity index (χ1) is 5.85. The van der Waals surface area contributed by atoms with Gasteiger partial charge in [-0.3, -0.25) is 0 Å². The Morgan fingerprint density at radius 2 is 1.67 bits per heavy atom. The minimum Gasteiger partial charge on any atom is -0.175 e. The first kappa shape index (κ1) is 11.7. The molecule has 0 aliphatic heterocycles. The standard InChI is InChI=1S/C7H8S.C3H6S/c8-6-7-4-2-1-3-5-7;1-2-3-4/h1-5,8H,6H2;2,4H,1,3H2. The van der Waals surface area contributed by atoms with Crippen LogP contribution in [0.4, 0.5) is 0 Å². The summed E-state index contributed by atoms with van der Waals surface area (Å²) >= 11 is 7.91. The van der Waals surface area contributed by atoms with Crippen LogP contribution in [0.5, 0.6) is 0 Å². The predicted octanol–water partition coefficient (Wildman–Crippen LogP) is 3.22. The fourth-order valence-corrected chi connectivity index (χ4v) is 0.794. The molecule has 1 rings (SSSR count). The highest BCUT2D eigenvalue weighted by atomic mass is 32.1. The van der Waals surface area contributed by atoms with Gasteiger partial charge in [0.2, 0.25) is 0 Å². The largest absolute Gasteiger partial charge is 0.175 e. The molecule has 0 fully saturated rings. The molecule has 12 heavy (non-hydrogen) atoms. The van der Waals surface area contributed by atoms with E-state index >= 15 is 0 Å². The number of thiol groups is 2. The van der Waals surface area contributed by atoms with E-state index in [1.165, 1.54) is 5.56 Å². The van der Waals surface area contributed by atoms with Crippen LogP contribution in [0.1, 0.15) is 5.56 Å². The van der Waals surface area contributed by atoms with Crippen molar-refractivity contribution in [1.29, 1.82) is 0 Å². The smallest absolute Gasteiger partial charge is 0.0154 e. The second-order valence-corrected chi connectivity index (χ2v) is 2.80. The molecule has 0 heterocycles. The fraction of sp³-hybridized carbons (Fsp3) is 0.200. The van der Waals surface area contributed by atoms with Crippen LogP contribution in [-0.4, -0.2) is 5.75 Å². The monoisotopic (exact) mass is 198 g/mol. The molecule has 2 heteroatoms. The van der Waals surface area contributed by atoms with Crippen molar-refractivity contribution in [3.05, 3.63) is 48.6 Å². The first-order valence-electron chi connectivity index (χ1n) is 3.71. The lowest BCUT2D eigenvalue weighted by atomic mass is 10.2. The van der Waals surface area contributed by atoms with E-state index < -0.39 is 0 Å². The molecule has 0 aliphatic rings. The Morgan fingerprint density at radius 1 is 1.17 bits per heavy atom. The first-order valence-corrected chi connectivity index (χ1v) is 4.98. The van der Waals surface area contributed by atoms with E-state index in [1.54, 1.807) is 6.08 Å². The molecular formula is C10H14S2. The summed E-state index contributed by atoms with van der Waals surface area (Å²) in [4.78, 5) is 0. The molecule has 0 amide bonds. The predicted molar refractivity (Wildman–Crippen MR) is 63.2 cm³/mol. The Balaban J connectivity index is 0.000000261. The summed E-state index contributed by atoms with van der Waals surface area (Å²) in [7, 11) is 0. The molecule has 0 aromatic heterocycles. The summed E-state index contributed by atoms with van der Waals surface area (Å²) in [6.07, 6.45) is 1.74. The lowest BCUT2D eigenvalue weighted by Gasteiger charge is -1.89. The molecular weight excluding hydrogens is 184 g/mol. The molecule has 1 aromatic rings. The van der Waals surface area contributed by atoms with Crippen molar-refractivity contribution in [2.24, 2.45) is 0 Å². The maximum atomic E-state index is 4.11. The van der Waals surface area contributed by atoms with E-state index in [4.69, 9.17) is 0 Å². The summed E-state index contributed by atoms with van der Waals surface area (Å²) in [5.74, 6) is 1.61. The fourth-order valence-electron chi connectivity index (χ4n) is 0.583. The normalized spacial score (nSPS) is 8.17. The molecule has 0 bridgehead atoms. The van der Waals surface area contributed by atoms with Crippen LogP contribution < -0.4 is 0 Å². The lowest BCUT2D eigenvalue weighted by molar-refractivity contribution is 1.43. The highest BCUT2D eigenvalue weighted by Gasteiger charge is 1.80. The Hall–Kier alpha value is -0.340. The van der Waals surface area contributed by atoms with Gasteiger partial charge in [0.15, 0.2) is 0 Å². The highest BCUT2D eigenvalue weighted by Crippen LogP contribution is 2.00. The molecule has 0 atom stereocenters. The third kappa shape index (κ3) is 6.38. The van der Waals surface area contributed by atoms with E-state index in [0.717, 1.165) is 11.5 Å². The van der Waals surface area contributed by atoms with Gasteiger partial charge in [0.1, 0.15) is 0 Å². The average molecular weight is 198 g/mol. The summed E-state index contributed by atoms with van der Waals surface area (Å²) < 4.78 is 0. The quantitative estimate of drug-likeness (QED) is 0.529. The highest BCUT2D eigenvalue weighted by molar-refractivity contribution is 7.80. The molecule has 0 nitrogen and oxygen atoms in total. The number of hydrogen-bond acceptors (Lipinski definition) is 2. The molecule has 66 valence electrons. The zero-order chi connectivity index (χ0) is 9.23. The molecule has 0 radical (unpaired) electrons. The van der Waals surface area contributed by atoms with Crippen LogP contribution in [0.3, 0.4) is 0 Å². The van der Waals surface area contributed by atoms with Crippen LogP contribution in [0, 0.1) is 0 Å². The average Bonchev–Trinajstić information content (AvgIpc) is 2.19. The molecule has 0 saturated heterocycles. The molecule has 0 aliphatic carbocycles. The SMILES string of the molecule is C=CCS.SCc1ccccc1. The summed E-state index contributed by atoms with van der Waals surface area (Å²) in [5, 5.41) is 0. The van der Waals surface area contributed by atoms with Gasteiger partial charge in [-0.1, -0.05) is 36.4 Å². The van der Waals surface area contributed by atoms with Crippen molar-refractivity contribution in [2.75, 3.05) is 5.75 Å².